The van der Waals surface area contributed by atoms with Crippen LogP contribution < -0.4 is 10.9 Å². The zero-order valence-corrected chi connectivity index (χ0v) is 12.6. The van der Waals surface area contributed by atoms with Gasteiger partial charge < -0.3 is 10.2 Å². The summed E-state index contributed by atoms with van der Waals surface area (Å²) in [7, 11) is 3.98. The minimum absolute atomic E-state index is 0.195. The molecule has 0 unspecified atom stereocenters. The summed E-state index contributed by atoms with van der Waals surface area (Å²) in [5, 5.41) is 7.88. The van der Waals surface area contributed by atoms with E-state index in [0.29, 0.717) is 23.5 Å². The van der Waals surface area contributed by atoms with E-state index in [1.165, 1.54) is 6.20 Å². The molecule has 0 saturated carbocycles. The number of nitrogens with one attached hydrogen (secondary N) is 2. The fourth-order valence-corrected chi connectivity index (χ4v) is 2.16. The molecule has 0 saturated heterocycles. The van der Waals surface area contributed by atoms with E-state index in [0.717, 1.165) is 12.2 Å². The van der Waals surface area contributed by atoms with E-state index < -0.39 is 0 Å². The van der Waals surface area contributed by atoms with Gasteiger partial charge in [0.2, 0.25) is 5.95 Å². The molecule has 0 amide bonds. The molecule has 3 rings (SSSR count). The molecule has 2 aromatic heterocycles. The molecule has 0 spiro atoms. The second-order valence-electron chi connectivity index (χ2n) is 5.27. The number of likely N-dealkylation sites (N-methyl/N-ethyl adjacent to an activating group) is 1. The van der Waals surface area contributed by atoms with Crippen LogP contribution in [0, 0.1) is 0 Å². The summed E-state index contributed by atoms with van der Waals surface area (Å²) < 4.78 is 1.67. The van der Waals surface area contributed by atoms with Gasteiger partial charge in [-0.1, -0.05) is 18.2 Å². The number of hydrogen-bond acceptors (Lipinski definition) is 5. The summed E-state index contributed by atoms with van der Waals surface area (Å²) in [6.45, 7) is 1.54. The van der Waals surface area contributed by atoms with Crippen molar-refractivity contribution < 1.29 is 0 Å². The first-order valence-electron chi connectivity index (χ1n) is 7.07. The minimum Gasteiger partial charge on any atom is -0.354 e. The first kappa shape index (κ1) is 14.3. The fraction of sp³-hybridized carbons (Fsp3) is 0.267. The van der Waals surface area contributed by atoms with E-state index >= 15 is 0 Å². The Hall–Kier alpha value is -2.67. The third-order valence-electron chi connectivity index (χ3n) is 3.29. The van der Waals surface area contributed by atoms with Crippen molar-refractivity contribution in [2.45, 2.75) is 0 Å². The normalized spacial score (nSPS) is 11.2. The lowest BCUT2D eigenvalue weighted by atomic mass is 10.3. The van der Waals surface area contributed by atoms with Crippen molar-refractivity contribution in [2.75, 3.05) is 32.5 Å². The van der Waals surface area contributed by atoms with E-state index in [-0.39, 0.29) is 5.56 Å². The fourth-order valence-electron chi connectivity index (χ4n) is 2.16. The second kappa shape index (κ2) is 5.98. The monoisotopic (exact) mass is 298 g/mol. The number of fused-ring (bicyclic) bond motifs is 1. The van der Waals surface area contributed by atoms with Gasteiger partial charge in [0.1, 0.15) is 5.39 Å². The SMILES string of the molecule is CN(C)CCNc1nc2c(cnn2-c2ccccc2)c(=O)[nH]1. The molecule has 7 nitrogen and oxygen atoms in total. The van der Waals surface area contributed by atoms with Gasteiger partial charge in [-0.2, -0.15) is 10.1 Å². The van der Waals surface area contributed by atoms with Crippen molar-refractivity contribution >= 4 is 17.0 Å². The lowest BCUT2D eigenvalue weighted by molar-refractivity contribution is 0.425. The van der Waals surface area contributed by atoms with Gasteiger partial charge in [0.15, 0.2) is 5.65 Å². The molecule has 7 heteroatoms. The lowest BCUT2D eigenvalue weighted by Gasteiger charge is -2.10. The predicted octanol–water partition coefficient (Wildman–Crippen LogP) is 1.08. The van der Waals surface area contributed by atoms with Crippen molar-refractivity contribution in [3.05, 3.63) is 46.9 Å². The Morgan fingerprint density at radius 1 is 1.27 bits per heavy atom. The lowest BCUT2D eigenvalue weighted by Crippen LogP contribution is -2.23. The Morgan fingerprint density at radius 3 is 2.77 bits per heavy atom. The molecular weight excluding hydrogens is 280 g/mol. The van der Waals surface area contributed by atoms with Crippen molar-refractivity contribution in [1.29, 1.82) is 0 Å². The molecule has 0 bridgehead atoms. The summed E-state index contributed by atoms with van der Waals surface area (Å²) in [4.78, 5) is 21.4. The van der Waals surface area contributed by atoms with Gasteiger partial charge in [-0.3, -0.25) is 9.78 Å². The third kappa shape index (κ3) is 2.84. The molecule has 0 aliphatic rings. The van der Waals surface area contributed by atoms with E-state index in [2.05, 4.69) is 25.3 Å². The average molecular weight is 298 g/mol. The van der Waals surface area contributed by atoms with Crippen LogP contribution in [0.4, 0.5) is 5.95 Å². The topological polar surface area (TPSA) is 78.8 Å². The highest BCUT2D eigenvalue weighted by Crippen LogP contribution is 2.14. The smallest absolute Gasteiger partial charge is 0.263 e. The number of aromatic amines is 1. The summed E-state index contributed by atoms with van der Waals surface area (Å²) in [6.07, 6.45) is 1.54. The molecule has 3 aromatic rings. The molecule has 114 valence electrons. The number of anilines is 1. The molecular formula is C15H18N6O. The second-order valence-corrected chi connectivity index (χ2v) is 5.27. The van der Waals surface area contributed by atoms with E-state index in [4.69, 9.17) is 0 Å². The third-order valence-corrected chi connectivity index (χ3v) is 3.29. The first-order valence-corrected chi connectivity index (χ1v) is 7.07. The summed E-state index contributed by atoms with van der Waals surface area (Å²) >= 11 is 0. The summed E-state index contributed by atoms with van der Waals surface area (Å²) in [5.74, 6) is 0.456. The van der Waals surface area contributed by atoms with Crippen LogP contribution in [-0.2, 0) is 0 Å². The highest BCUT2D eigenvalue weighted by atomic mass is 16.1. The first-order chi connectivity index (χ1) is 10.6. The van der Waals surface area contributed by atoms with Crippen molar-refractivity contribution in [3.63, 3.8) is 0 Å². The van der Waals surface area contributed by atoms with Gasteiger partial charge in [0.05, 0.1) is 11.9 Å². The van der Waals surface area contributed by atoms with E-state index in [1.807, 2.05) is 44.4 Å². The quantitative estimate of drug-likeness (QED) is 0.737. The van der Waals surface area contributed by atoms with Crippen LogP contribution in [0.25, 0.3) is 16.7 Å². The maximum absolute atomic E-state index is 12.1. The molecule has 0 atom stereocenters. The van der Waals surface area contributed by atoms with Crippen molar-refractivity contribution in [2.24, 2.45) is 0 Å². The van der Waals surface area contributed by atoms with Gasteiger partial charge in [-0.15, -0.1) is 0 Å². The number of rotatable bonds is 5. The molecule has 0 fully saturated rings. The molecule has 0 aliphatic heterocycles. The maximum atomic E-state index is 12.1. The number of hydrogen-bond donors (Lipinski definition) is 2. The summed E-state index contributed by atoms with van der Waals surface area (Å²) in [5.41, 5.74) is 1.22. The Balaban J connectivity index is 1.99. The molecule has 2 N–H and O–H groups in total. The summed E-state index contributed by atoms with van der Waals surface area (Å²) in [6, 6.07) is 9.63. The van der Waals surface area contributed by atoms with E-state index in [1.54, 1.807) is 4.68 Å². The molecule has 0 radical (unpaired) electrons. The number of nitrogens with zero attached hydrogens (tertiary/aromatic N) is 4. The van der Waals surface area contributed by atoms with Crippen LogP contribution in [0.2, 0.25) is 0 Å². The van der Waals surface area contributed by atoms with Gasteiger partial charge in [-0.05, 0) is 26.2 Å². The largest absolute Gasteiger partial charge is 0.354 e. The number of aromatic nitrogens is 4. The standard InChI is InChI=1S/C15H18N6O/c1-20(2)9-8-16-15-18-13-12(14(22)19-15)10-17-21(13)11-6-4-3-5-7-11/h3-7,10H,8-9H2,1-2H3,(H2,16,18,19,22). The predicted molar refractivity (Wildman–Crippen MR) is 86.5 cm³/mol. The zero-order valence-electron chi connectivity index (χ0n) is 12.6. The van der Waals surface area contributed by atoms with Crippen molar-refractivity contribution in [3.8, 4) is 5.69 Å². The number of para-hydroxylation sites is 1. The van der Waals surface area contributed by atoms with Crippen molar-refractivity contribution in [1.82, 2.24) is 24.6 Å². The Morgan fingerprint density at radius 2 is 2.05 bits per heavy atom. The van der Waals surface area contributed by atoms with Crippen LogP contribution in [0.3, 0.4) is 0 Å². The Bertz CT molecular complexity index is 821. The average Bonchev–Trinajstić information content (AvgIpc) is 2.92. The van der Waals surface area contributed by atoms with Gasteiger partial charge in [0.25, 0.3) is 5.56 Å². The van der Waals surface area contributed by atoms with Crippen LogP contribution in [0.1, 0.15) is 0 Å². The Kier molecular flexibility index (Phi) is 3.88. The van der Waals surface area contributed by atoms with Gasteiger partial charge in [0, 0.05) is 13.1 Å². The van der Waals surface area contributed by atoms with Gasteiger partial charge in [-0.25, -0.2) is 4.68 Å². The maximum Gasteiger partial charge on any atom is 0.263 e. The van der Waals surface area contributed by atoms with Crippen LogP contribution in [0.15, 0.2) is 41.3 Å². The molecule has 22 heavy (non-hydrogen) atoms. The van der Waals surface area contributed by atoms with Gasteiger partial charge >= 0.3 is 0 Å². The minimum atomic E-state index is -0.195. The van der Waals surface area contributed by atoms with Crippen LogP contribution in [-0.4, -0.2) is 51.8 Å². The molecule has 1 aromatic carbocycles. The van der Waals surface area contributed by atoms with Crippen LogP contribution >= 0.6 is 0 Å². The van der Waals surface area contributed by atoms with E-state index in [9.17, 15) is 4.79 Å². The zero-order chi connectivity index (χ0) is 15.5. The highest BCUT2D eigenvalue weighted by molar-refractivity contribution is 5.76. The molecule has 0 aliphatic carbocycles. The molecule has 2 heterocycles. The highest BCUT2D eigenvalue weighted by Gasteiger charge is 2.11. The van der Waals surface area contributed by atoms with Crippen LogP contribution in [0.5, 0.6) is 0 Å². The number of benzene rings is 1. The number of H-pyrrole nitrogens is 1. The Labute approximate surface area is 127 Å².